The molecular weight excluding hydrogens is 163 g/mol. The average molecular weight is 176 g/mol. The van der Waals surface area contributed by atoms with E-state index in [1.165, 1.54) is 0 Å². The minimum Gasteiger partial charge on any atom is -0.373 e. The van der Waals surface area contributed by atoms with Crippen molar-refractivity contribution in [3.05, 3.63) is 0 Å². The van der Waals surface area contributed by atoms with Gasteiger partial charge in [0.05, 0.1) is 18.8 Å². The maximum Gasteiger partial charge on any atom is 0.231 e. The highest BCUT2D eigenvalue weighted by atomic mass is 31.1. The molecule has 1 aliphatic rings. The predicted octanol–water partition coefficient (Wildman–Crippen LogP) is 1.74. The van der Waals surface area contributed by atoms with Gasteiger partial charge in [0.2, 0.25) is 7.65 Å². The molecule has 1 heterocycles. The molecule has 1 fully saturated rings. The van der Waals surface area contributed by atoms with Crippen molar-refractivity contribution in [1.29, 1.82) is 0 Å². The fourth-order valence-corrected chi connectivity index (χ4v) is 1.51. The van der Waals surface area contributed by atoms with E-state index in [4.69, 9.17) is 9.26 Å². The van der Waals surface area contributed by atoms with Crippen LogP contribution in [0.2, 0.25) is 0 Å². The van der Waals surface area contributed by atoms with Crippen LogP contribution in [0, 0.1) is 0 Å². The normalized spacial score (nSPS) is 32.3. The highest BCUT2D eigenvalue weighted by Gasteiger charge is 2.21. The lowest BCUT2D eigenvalue weighted by Gasteiger charge is -2.07. The monoisotopic (exact) mass is 176 g/mol. The second-order valence-corrected chi connectivity index (χ2v) is 3.70. The van der Waals surface area contributed by atoms with Gasteiger partial charge in [0.1, 0.15) is 0 Å². The van der Waals surface area contributed by atoms with E-state index in [0.29, 0.717) is 12.7 Å². The van der Waals surface area contributed by atoms with Crippen molar-refractivity contribution in [3.8, 4) is 0 Å². The second-order valence-electron chi connectivity index (χ2n) is 2.77. The van der Waals surface area contributed by atoms with Crippen molar-refractivity contribution in [2.24, 2.45) is 0 Å². The summed E-state index contributed by atoms with van der Waals surface area (Å²) >= 11 is 0. The Kier molecular flexibility index (Phi) is 3.31. The van der Waals surface area contributed by atoms with Gasteiger partial charge >= 0.3 is 0 Å². The van der Waals surface area contributed by atoms with E-state index in [9.17, 15) is 4.57 Å². The molecule has 64 valence electrons. The molecule has 0 aromatic heterocycles. The first-order chi connectivity index (χ1) is 5.18. The second kappa shape index (κ2) is 4.05. The molecule has 0 bridgehead atoms. The van der Waals surface area contributed by atoms with Crippen molar-refractivity contribution >= 4 is 14.0 Å². The average Bonchev–Trinajstić information content (AvgIpc) is 2.31. The fraction of sp³-hybridized carbons (Fsp3) is 0.857. The molecular formula is C7H13O3P. The van der Waals surface area contributed by atoms with Crippen molar-refractivity contribution in [1.82, 2.24) is 0 Å². The summed E-state index contributed by atoms with van der Waals surface area (Å²) in [5.74, 6) is 0. The Bertz CT molecular complexity index is 180. The number of hydrogen-bond acceptors (Lipinski definition) is 3. The number of hydrogen-bond donors (Lipinski definition) is 0. The third-order valence-electron chi connectivity index (χ3n) is 1.72. The van der Waals surface area contributed by atoms with Crippen LogP contribution in [0.5, 0.6) is 0 Å². The van der Waals surface area contributed by atoms with E-state index in [0.717, 1.165) is 12.8 Å². The Labute approximate surface area is 67.2 Å². The molecule has 0 aromatic carbocycles. The molecule has 1 rings (SSSR count). The van der Waals surface area contributed by atoms with E-state index in [-0.39, 0.29) is 6.10 Å². The van der Waals surface area contributed by atoms with Gasteiger partial charge in [-0.3, -0.25) is 9.09 Å². The Balaban J connectivity index is 2.18. The summed E-state index contributed by atoms with van der Waals surface area (Å²) in [5, 5.41) is 0. The highest BCUT2D eigenvalue weighted by molar-refractivity contribution is 7.37. The Morgan fingerprint density at radius 1 is 1.73 bits per heavy atom. The molecule has 3 nitrogen and oxygen atoms in total. The molecule has 3 atom stereocenters. The van der Waals surface area contributed by atoms with E-state index in [1.54, 1.807) is 0 Å². The van der Waals surface area contributed by atoms with Gasteiger partial charge in [-0.05, 0) is 26.1 Å². The smallest absolute Gasteiger partial charge is 0.231 e. The molecule has 0 aliphatic carbocycles. The molecule has 1 aliphatic heterocycles. The third kappa shape index (κ3) is 3.19. The van der Waals surface area contributed by atoms with Gasteiger partial charge < -0.3 is 4.74 Å². The summed E-state index contributed by atoms with van der Waals surface area (Å²) in [6.45, 7) is 2.45. The van der Waals surface area contributed by atoms with Crippen LogP contribution in [0.1, 0.15) is 19.8 Å². The minimum atomic E-state index is -1.71. The van der Waals surface area contributed by atoms with Crippen LogP contribution in [-0.4, -0.2) is 25.1 Å². The fourth-order valence-electron chi connectivity index (χ4n) is 1.17. The van der Waals surface area contributed by atoms with Crippen LogP contribution in [0.25, 0.3) is 0 Å². The van der Waals surface area contributed by atoms with Crippen molar-refractivity contribution in [3.63, 3.8) is 0 Å². The molecule has 0 radical (unpaired) electrons. The van der Waals surface area contributed by atoms with Crippen molar-refractivity contribution in [2.75, 3.05) is 6.61 Å². The van der Waals surface area contributed by atoms with Crippen molar-refractivity contribution in [2.45, 2.75) is 32.0 Å². The summed E-state index contributed by atoms with van der Waals surface area (Å²) in [7, 11) is -1.71. The Morgan fingerprint density at radius 3 is 2.91 bits per heavy atom. The summed E-state index contributed by atoms with van der Waals surface area (Å²) in [6.07, 6.45) is 5.78. The van der Waals surface area contributed by atoms with Crippen LogP contribution in [0.3, 0.4) is 0 Å². The lowest BCUT2D eigenvalue weighted by atomic mass is 10.2. The van der Waals surface area contributed by atoms with E-state index < -0.39 is 7.65 Å². The van der Waals surface area contributed by atoms with Gasteiger partial charge in [-0.15, -0.1) is 0 Å². The summed E-state index contributed by atoms with van der Waals surface area (Å²) in [6, 6.07) is 0. The van der Waals surface area contributed by atoms with Gasteiger partial charge in [-0.1, -0.05) is 0 Å². The lowest BCUT2D eigenvalue weighted by Crippen LogP contribution is -2.13. The van der Waals surface area contributed by atoms with E-state index in [1.807, 2.05) is 6.92 Å². The van der Waals surface area contributed by atoms with Gasteiger partial charge in [-0.2, -0.15) is 0 Å². The standard InChI is InChI=1S/C7H13O3P/c1-6-3-4-7(10-6)5-9-11(2)8/h6-7H,2-5H2,1H3/t6-,7-/m0/s1. The SMILES string of the molecule is C=P(=O)OC[C@@H]1CC[C@H](C)O1. The quantitative estimate of drug-likeness (QED) is 0.614. The van der Waals surface area contributed by atoms with Crippen molar-refractivity contribution < 1.29 is 13.8 Å². The summed E-state index contributed by atoms with van der Waals surface area (Å²) < 4.78 is 20.7. The molecule has 1 saturated heterocycles. The summed E-state index contributed by atoms with van der Waals surface area (Å²) in [5.41, 5.74) is 0. The molecule has 4 heteroatoms. The Hall–Kier alpha value is -0.110. The molecule has 0 spiro atoms. The first-order valence-electron chi connectivity index (χ1n) is 3.74. The predicted molar refractivity (Wildman–Crippen MR) is 44.2 cm³/mol. The third-order valence-corrected chi connectivity index (χ3v) is 2.16. The highest BCUT2D eigenvalue weighted by Crippen LogP contribution is 2.20. The Morgan fingerprint density at radius 2 is 2.45 bits per heavy atom. The topological polar surface area (TPSA) is 35.5 Å². The largest absolute Gasteiger partial charge is 0.373 e. The van der Waals surface area contributed by atoms with E-state index in [2.05, 4.69) is 6.30 Å². The van der Waals surface area contributed by atoms with Crippen LogP contribution in [-0.2, 0) is 13.8 Å². The lowest BCUT2D eigenvalue weighted by molar-refractivity contribution is 0.0291. The molecule has 0 saturated carbocycles. The van der Waals surface area contributed by atoms with Gasteiger partial charge in [0.15, 0.2) is 0 Å². The molecule has 1 unspecified atom stereocenters. The maximum absolute atomic E-state index is 10.4. The first kappa shape index (κ1) is 8.98. The van der Waals surface area contributed by atoms with Crippen LogP contribution < -0.4 is 0 Å². The zero-order valence-corrected chi connectivity index (χ0v) is 7.55. The van der Waals surface area contributed by atoms with Gasteiger partial charge in [0.25, 0.3) is 0 Å². The minimum absolute atomic E-state index is 0.130. The maximum atomic E-state index is 10.4. The number of ether oxygens (including phenoxy) is 1. The molecule has 0 aromatic rings. The number of rotatable bonds is 3. The van der Waals surface area contributed by atoms with E-state index >= 15 is 0 Å². The molecule has 0 N–H and O–H groups in total. The van der Waals surface area contributed by atoms with Crippen LogP contribution >= 0.6 is 7.65 Å². The zero-order valence-electron chi connectivity index (χ0n) is 6.66. The molecule has 11 heavy (non-hydrogen) atoms. The van der Waals surface area contributed by atoms with Crippen LogP contribution in [0.15, 0.2) is 0 Å². The van der Waals surface area contributed by atoms with Gasteiger partial charge in [0, 0.05) is 0 Å². The zero-order chi connectivity index (χ0) is 8.27. The first-order valence-corrected chi connectivity index (χ1v) is 5.11. The molecule has 0 amide bonds. The van der Waals surface area contributed by atoms with Crippen LogP contribution in [0.4, 0.5) is 0 Å². The summed E-state index contributed by atoms with van der Waals surface area (Å²) in [4.78, 5) is 0. The van der Waals surface area contributed by atoms with Gasteiger partial charge in [-0.25, -0.2) is 0 Å².